The van der Waals surface area contributed by atoms with Crippen molar-refractivity contribution in [3.8, 4) is 0 Å². The number of hydrogen-bond donors (Lipinski definition) is 0. The molecule has 0 fully saturated rings. The quantitative estimate of drug-likeness (QED) is 0.470. The van der Waals surface area contributed by atoms with Gasteiger partial charge < -0.3 is 0 Å². The van der Waals surface area contributed by atoms with Gasteiger partial charge in [0, 0.05) is 12.3 Å². The van der Waals surface area contributed by atoms with Crippen molar-refractivity contribution in [2.24, 2.45) is 0 Å². The fraction of sp³-hybridized carbons (Fsp3) is 0. The number of nitrogens with zero attached hydrogens (tertiary/aromatic N) is 3. The zero-order valence-electron chi connectivity index (χ0n) is 10.0. The summed E-state index contributed by atoms with van der Waals surface area (Å²) in [6, 6.07) is 8.74. The van der Waals surface area contributed by atoms with Crippen LogP contribution in [0.5, 0.6) is 0 Å². The molecule has 0 unspecified atom stereocenters. The maximum atomic E-state index is 12.3. The number of benzene rings is 1. The van der Waals surface area contributed by atoms with Crippen LogP contribution in [0.4, 0.5) is 11.5 Å². The second kappa shape index (κ2) is 4.23. The van der Waals surface area contributed by atoms with Crippen molar-refractivity contribution in [2.75, 3.05) is 4.90 Å². The number of carbonyl (C=O) groups is 2. The van der Waals surface area contributed by atoms with Gasteiger partial charge in [0.15, 0.2) is 0 Å². The zero-order chi connectivity index (χ0) is 14.3. The predicted molar refractivity (Wildman–Crippen MR) is 68.5 cm³/mol. The molecule has 1 aromatic heterocycles. The minimum Gasteiger partial charge on any atom is -0.268 e. The number of rotatable bonds is 2. The zero-order valence-corrected chi connectivity index (χ0v) is 10.0. The Morgan fingerprint density at radius 3 is 2.50 bits per heavy atom. The molecule has 2 heterocycles. The molecule has 1 aromatic carbocycles. The Labute approximate surface area is 112 Å². The van der Waals surface area contributed by atoms with Gasteiger partial charge in [-0.2, -0.15) is 0 Å². The number of amides is 2. The van der Waals surface area contributed by atoms with Crippen LogP contribution in [-0.2, 0) is 0 Å². The summed E-state index contributed by atoms with van der Waals surface area (Å²) in [6.45, 7) is 0. The van der Waals surface area contributed by atoms with Gasteiger partial charge in [-0.1, -0.05) is 12.1 Å². The first-order chi connectivity index (χ1) is 9.61. The van der Waals surface area contributed by atoms with E-state index in [0.717, 1.165) is 4.90 Å². The van der Waals surface area contributed by atoms with Gasteiger partial charge in [0.25, 0.3) is 17.5 Å². The number of carbonyl (C=O) groups excluding carboxylic acids is 2. The lowest BCUT2D eigenvalue weighted by Gasteiger charge is -2.11. The van der Waals surface area contributed by atoms with Crippen LogP contribution in [0.25, 0.3) is 0 Å². The molecule has 0 radical (unpaired) electrons. The minimum absolute atomic E-state index is 0.0230. The number of pyridine rings is 1. The molecule has 20 heavy (non-hydrogen) atoms. The van der Waals surface area contributed by atoms with E-state index < -0.39 is 16.7 Å². The minimum atomic E-state index is -0.726. The number of anilines is 1. The Kier molecular flexibility index (Phi) is 2.53. The first-order valence-corrected chi connectivity index (χ1v) is 5.68. The maximum Gasteiger partial charge on any atom is 0.283 e. The third-order valence-electron chi connectivity index (χ3n) is 2.97. The highest BCUT2D eigenvalue weighted by atomic mass is 16.6. The van der Waals surface area contributed by atoms with E-state index in [2.05, 4.69) is 4.98 Å². The fourth-order valence-electron chi connectivity index (χ4n) is 2.11. The van der Waals surface area contributed by atoms with Crippen molar-refractivity contribution >= 4 is 23.3 Å². The second-order valence-corrected chi connectivity index (χ2v) is 4.09. The van der Waals surface area contributed by atoms with Crippen LogP contribution < -0.4 is 4.90 Å². The molecule has 0 spiro atoms. The average Bonchev–Trinajstić information content (AvgIpc) is 2.72. The third kappa shape index (κ3) is 1.57. The van der Waals surface area contributed by atoms with Crippen molar-refractivity contribution in [1.82, 2.24) is 4.98 Å². The average molecular weight is 269 g/mol. The Bertz CT molecular complexity index is 743. The summed E-state index contributed by atoms with van der Waals surface area (Å²) in [5, 5.41) is 11.0. The highest BCUT2D eigenvalue weighted by Crippen LogP contribution is 2.32. The van der Waals surface area contributed by atoms with Crippen LogP contribution in [0.15, 0.2) is 42.6 Å². The number of nitro groups is 1. The molecule has 0 saturated carbocycles. The molecular weight excluding hydrogens is 262 g/mol. The number of imide groups is 1. The van der Waals surface area contributed by atoms with Gasteiger partial charge in [-0.05, 0) is 18.2 Å². The van der Waals surface area contributed by atoms with Crippen LogP contribution in [-0.4, -0.2) is 21.7 Å². The third-order valence-corrected chi connectivity index (χ3v) is 2.97. The Morgan fingerprint density at radius 1 is 1.05 bits per heavy atom. The molecule has 7 heteroatoms. The summed E-state index contributed by atoms with van der Waals surface area (Å²) in [4.78, 5) is 39.6. The van der Waals surface area contributed by atoms with Gasteiger partial charge in [0.1, 0.15) is 11.4 Å². The molecule has 0 N–H and O–H groups in total. The van der Waals surface area contributed by atoms with E-state index in [0.29, 0.717) is 0 Å². The van der Waals surface area contributed by atoms with E-state index in [-0.39, 0.29) is 22.6 Å². The van der Waals surface area contributed by atoms with E-state index >= 15 is 0 Å². The Hall–Kier alpha value is -3.09. The van der Waals surface area contributed by atoms with Crippen LogP contribution in [0.1, 0.15) is 20.7 Å². The summed E-state index contributed by atoms with van der Waals surface area (Å²) >= 11 is 0. The van der Waals surface area contributed by atoms with E-state index in [1.807, 2.05) is 0 Å². The normalized spacial score (nSPS) is 13.5. The van der Waals surface area contributed by atoms with E-state index in [9.17, 15) is 19.7 Å². The van der Waals surface area contributed by atoms with E-state index in [1.165, 1.54) is 30.5 Å². The van der Waals surface area contributed by atoms with Gasteiger partial charge in [-0.3, -0.25) is 19.7 Å². The van der Waals surface area contributed by atoms with Crippen molar-refractivity contribution in [3.63, 3.8) is 0 Å². The molecule has 3 rings (SSSR count). The van der Waals surface area contributed by atoms with Gasteiger partial charge in [-0.25, -0.2) is 9.88 Å². The smallest absolute Gasteiger partial charge is 0.268 e. The topological polar surface area (TPSA) is 93.4 Å². The molecule has 2 amide bonds. The van der Waals surface area contributed by atoms with E-state index in [4.69, 9.17) is 0 Å². The van der Waals surface area contributed by atoms with Gasteiger partial charge in [-0.15, -0.1) is 0 Å². The molecule has 0 bridgehead atoms. The molecule has 98 valence electrons. The lowest BCUT2D eigenvalue weighted by molar-refractivity contribution is -0.385. The summed E-state index contributed by atoms with van der Waals surface area (Å²) in [6.07, 6.45) is 1.44. The van der Waals surface area contributed by atoms with Gasteiger partial charge in [0.2, 0.25) is 0 Å². The largest absolute Gasteiger partial charge is 0.283 e. The lowest BCUT2D eigenvalue weighted by atomic mass is 10.1. The molecular formula is C13H7N3O4. The Balaban J connectivity index is 2.18. The molecule has 1 aliphatic heterocycles. The lowest BCUT2D eigenvalue weighted by Crippen LogP contribution is -2.30. The fourth-order valence-corrected chi connectivity index (χ4v) is 2.11. The summed E-state index contributed by atoms with van der Waals surface area (Å²) < 4.78 is 0. The SMILES string of the molecule is O=C1c2cccc([N+](=O)[O-])c2C(=O)N1c1ccccn1. The van der Waals surface area contributed by atoms with Crippen molar-refractivity contribution in [2.45, 2.75) is 0 Å². The first-order valence-electron chi connectivity index (χ1n) is 5.68. The predicted octanol–water partition coefficient (Wildman–Crippen LogP) is 1.79. The number of fused-ring (bicyclic) bond motifs is 1. The van der Waals surface area contributed by atoms with Crippen LogP contribution in [0.3, 0.4) is 0 Å². The molecule has 0 saturated heterocycles. The van der Waals surface area contributed by atoms with Crippen LogP contribution in [0, 0.1) is 10.1 Å². The summed E-state index contributed by atoms with van der Waals surface area (Å²) in [5.41, 5.74) is -0.540. The van der Waals surface area contributed by atoms with Crippen LogP contribution in [0.2, 0.25) is 0 Å². The number of nitro benzene ring substituents is 1. The summed E-state index contributed by atoms with van der Waals surface area (Å²) in [7, 11) is 0. The van der Waals surface area contributed by atoms with Gasteiger partial charge >= 0.3 is 0 Å². The molecule has 7 nitrogen and oxygen atoms in total. The number of hydrogen-bond acceptors (Lipinski definition) is 5. The molecule has 0 aliphatic carbocycles. The van der Waals surface area contributed by atoms with Crippen molar-refractivity contribution < 1.29 is 14.5 Å². The van der Waals surface area contributed by atoms with Crippen molar-refractivity contribution in [3.05, 3.63) is 63.8 Å². The Morgan fingerprint density at radius 2 is 1.85 bits per heavy atom. The van der Waals surface area contributed by atoms with Crippen LogP contribution >= 0.6 is 0 Å². The maximum absolute atomic E-state index is 12.3. The molecule has 0 atom stereocenters. The molecule has 1 aliphatic rings. The highest BCUT2D eigenvalue weighted by molar-refractivity contribution is 6.35. The van der Waals surface area contributed by atoms with Crippen molar-refractivity contribution in [1.29, 1.82) is 0 Å². The highest BCUT2D eigenvalue weighted by Gasteiger charge is 2.42. The first kappa shape index (κ1) is 12.0. The molecule has 2 aromatic rings. The number of aromatic nitrogens is 1. The second-order valence-electron chi connectivity index (χ2n) is 4.09. The van der Waals surface area contributed by atoms with E-state index in [1.54, 1.807) is 12.1 Å². The standard InChI is InChI=1S/C13H7N3O4/c17-12-8-4-3-5-9(16(19)20)11(8)13(18)15(12)10-6-1-2-7-14-10/h1-7H. The van der Waals surface area contributed by atoms with Gasteiger partial charge in [0.05, 0.1) is 10.5 Å². The monoisotopic (exact) mass is 269 g/mol. The summed E-state index contributed by atoms with van der Waals surface area (Å²) in [5.74, 6) is -1.18.